The van der Waals surface area contributed by atoms with Gasteiger partial charge in [-0.15, -0.1) is 0 Å². The zero-order valence-electron chi connectivity index (χ0n) is 11.6. The van der Waals surface area contributed by atoms with Crippen LogP contribution in [0.1, 0.15) is 60.8 Å². The molecule has 0 radical (unpaired) electrons. The van der Waals surface area contributed by atoms with Crippen LogP contribution >= 0.6 is 0 Å². The lowest BCUT2D eigenvalue weighted by Crippen LogP contribution is -2.25. The van der Waals surface area contributed by atoms with Gasteiger partial charge in [-0.1, -0.05) is 54.4 Å². The fourth-order valence-corrected chi connectivity index (χ4v) is 3.48. The summed E-state index contributed by atoms with van der Waals surface area (Å²) in [6.45, 7) is 14.5. The highest BCUT2D eigenvalue weighted by molar-refractivity contribution is 4.92. The van der Waals surface area contributed by atoms with Crippen LogP contribution in [0.15, 0.2) is 0 Å². The van der Waals surface area contributed by atoms with Crippen molar-refractivity contribution in [1.29, 1.82) is 0 Å². The normalized spacial score (nSPS) is 31.4. The van der Waals surface area contributed by atoms with E-state index in [0.29, 0.717) is 0 Å². The van der Waals surface area contributed by atoms with Crippen LogP contribution in [0.5, 0.6) is 0 Å². The number of rotatable bonds is 6. The summed E-state index contributed by atoms with van der Waals surface area (Å²) in [5, 5.41) is 0. The molecule has 90 valence electrons. The molecule has 0 spiro atoms. The second kappa shape index (κ2) is 5.37. The van der Waals surface area contributed by atoms with Crippen LogP contribution in [0.2, 0.25) is 0 Å². The van der Waals surface area contributed by atoms with Gasteiger partial charge in [0.25, 0.3) is 0 Å². The molecule has 0 heteroatoms. The van der Waals surface area contributed by atoms with Crippen molar-refractivity contribution in [2.45, 2.75) is 60.8 Å². The van der Waals surface area contributed by atoms with Gasteiger partial charge >= 0.3 is 0 Å². The van der Waals surface area contributed by atoms with Gasteiger partial charge in [0.2, 0.25) is 0 Å². The molecule has 0 aromatic carbocycles. The first kappa shape index (κ1) is 13.1. The summed E-state index contributed by atoms with van der Waals surface area (Å²) in [4.78, 5) is 0. The highest BCUT2D eigenvalue weighted by Gasteiger charge is 2.43. The summed E-state index contributed by atoms with van der Waals surface area (Å²) in [6.07, 6.45) is 4.24. The van der Waals surface area contributed by atoms with Gasteiger partial charge in [0, 0.05) is 0 Å². The summed E-state index contributed by atoms with van der Waals surface area (Å²) < 4.78 is 0. The minimum Gasteiger partial charge on any atom is -0.0654 e. The van der Waals surface area contributed by atoms with Crippen LogP contribution in [0.25, 0.3) is 0 Å². The lowest BCUT2D eigenvalue weighted by molar-refractivity contribution is 0.166. The standard InChI is InChI=1S/C15H30/c1-7-8-11(4)13(6)15(10(2)3)14-9-12(14)5/h10-15H,7-9H2,1-6H3. The maximum absolute atomic E-state index is 2.50. The Morgan fingerprint density at radius 3 is 2.00 bits per heavy atom. The van der Waals surface area contributed by atoms with E-state index in [1.165, 1.54) is 19.3 Å². The zero-order chi connectivity index (χ0) is 11.6. The van der Waals surface area contributed by atoms with Crippen molar-refractivity contribution in [2.75, 3.05) is 0 Å². The fourth-order valence-electron chi connectivity index (χ4n) is 3.48. The SMILES string of the molecule is CCCC(C)C(C)C(C(C)C)C1CC1C. The van der Waals surface area contributed by atoms with E-state index < -0.39 is 0 Å². The second-order valence-electron chi connectivity index (χ2n) is 6.32. The van der Waals surface area contributed by atoms with E-state index in [1.54, 1.807) is 0 Å². The minimum absolute atomic E-state index is 0.870. The third-order valence-electron chi connectivity index (χ3n) is 4.68. The van der Waals surface area contributed by atoms with Crippen LogP contribution in [0.4, 0.5) is 0 Å². The maximum atomic E-state index is 2.50. The third kappa shape index (κ3) is 3.23. The Kier molecular flexibility index (Phi) is 4.67. The summed E-state index contributed by atoms with van der Waals surface area (Å²) in [6, 6.07) is 0. The molecule has 0 N–H and O–H groups in total. The Morgan fingerprint density at radius 2 is 1.67 bits per heavy atom. The summed E-state index contributed by atoms with van der Waals surface area (Å²) >= 11 is 0. The Morgan fingerprint density at radius 1 is 1.13 bits per heavy atom. The predicted molar refractivity (Wildman–Crippen MR) is 68.8 cm³/mol. The van der Waals surface area contributed by atoms with E-state index >= 15 is 0 Å². The van der Waals surface area contributed by atoms with E-state index in [0.717, 1.165) is 35.5 Å². The van der Waals surface area contributed by atoms with E-state index in [-0.39, 0.29) is 0 Å². The molecule has 0 aromatic rings. The molecular formula is C15H30. The van der Waals surface area contributed by atoms with Gasteiger partial charge in [-0.05, 0) is 41.9 Å². The lowest BCUT2D eigenvalue weighted by atomic mass is 9.73. The van der Waals surface area contributed by atoms with E-state index in [9.17, 15) is 0 Å². The van der Waals surface area contributed by atoms with Crippen LogP contribution in [-0.2, 0) is 0 Å². The van der Waals surface area contributed by atoms with E-state index in [1.807, 2.05) is 0 Å². The van der Waals surface area contributed by atoms with Crippen molar-refractivity contribution >= 4 is 0 Å². The zero-order valence-corrected chi connectivity index (χ0v) is 11.6. The van der Waals surface area contributed by atoms with Gasteiger partial charge in [0.1, 0.15) is 0 Å². The molecule has 5 atom stereocenters. The smallest absolute Gasteiger partial charge is 0.0332 e. The van der Waals surface area contributed by atoms with Crippen molar-refractivity contribution in [3.63, 3.8) is 0 Å². The van der Waals surface area contributed by atoms with Gasteiger partial charge in [0.15, 0.2) is 0 Å². The van der Waals surface area contributed by atoms with E-state index in [2.05, 4.69) is 41.5 Å². The maximum Gasteiger partial charge on any atom is -0.0332 e. The van der Waals surface area contributed by atoms with Crippen molar-refractivity contribution in [2.24, 2.45) is 35.5 Å². The molecule has 1 aliphatic rings. The molecular weight excluding hydrogens is 180 g/mol. The van der Waals surface area contributed by atoms with Crippen molar-refractivity contribution < 1.29 is 0 Å². The van der Waals surface area contributed by atoms with Crippen LogP contribution < -0.4 is 0 Å². The van der Waals surface area contributed by atoms with Crippen LogP contribution in [0.3, 0.4) is 0 Å². The number of hydrogen-bond donors (Lipinski definition) is 0. The predicted octanol–water partition coefficient (Wildman–Crippen LogP) is 4.99. The molecule has 5 unspecified atom stereocenters. The molecule has 0 amide bonds. The summed E-state index contributed by atoms with van der Waals surface area (Å²) in [7, 11) is 0. The van der Waals surface area contributed by atoms with Crippen molar-refractivity contribution in [3.8, 4) is 0 Å². The van der Waals surface area contributed by atoms with Crippen molar-refractivity contribution in [1.82, 2.24) is 0 Å². The largest absolute Gasteiger partial charge is 0.0654 e. The molecule has 0 bridgehead atoms. The van der Waals surface area contributed by atoms with Crippen LogP contribution in [-0.4, -0.2) is 0 Å². The summed E-state index contributed by atoms with van der Waals surface area (Å²) in [5.41, 5.74) is 0. The van der Waals surface area contributed by atoms with Gasteiger partial charge < -0.3 is 0 Å². The lowest BCUT2D eigenvalue weighted by Gasteiger charge is -2.32. The molecule has 0 aromatic heterocycles. The molecule has 0 aliphatic heterocycles. The van der Waals surface area contributed by atoms with E-state index in [4.69, 9.17) is 0 Å². The topological polar surface area (TPSA) is 0 Å². The highest BCUT2D eigenvalue weighted by Crippen LogP contribution is 2.51. The molecule has 1 aliphatic carbocycles. The third-order valence-corrected chi connectivity index (χ3v) is 4.68. The quantitative estimate of drug-likeness (QED) is 0.579. The minimum atomic E-state index is 0.870. The first-order valence-electron chi connectivity index (χ1n) is 6.99. The molecule has 1 fully saturated rings. The Hall–Kier alpha value is 0. The fraction of sp³-hybridized carbons (Fsp3) is 1.00. The first-order chi connectivity index (χ1) is 6.99. The van der Waals surface area contributed by atoms with Gasteiger partial charge in [0.05, 0.1) is 0 Å². The Bertz CT molecular complexity index is 182. The molecule has 1 rings (SSSR count). The Balaban J connectivity index is 2.55. The number of hydrogen-bond acceptors (Lipinski definition) is 0. The average molecular weight is 210 g/mol. The van der Waals surface area contributed by atoms with Gasteiger partial charge in [-0.2, -0.15) is 0 Å². The molecule has 0 nitrogen and oxygen atoms in total. The summed E-state index contributed by atoms with van der Waals surface area (Å²) in [5.74, 6) is 5.72. The highest BCUT2D eigenvalue weighted by atomic mass is 14.5. The molecule has 15 heavy (non-hydrogen) atoms. The molecule has 0 heterocycles. The van der Waals surface area contributed by atoms with Gasteiger partial charge in [-0.25, -0.2) is 0 Å². The van der Waals surface area contributed by atoms with Crippen LogP contribution in [0, 0.1) is 35.5 Å². The Labute approximate surface area is 96.8 Å². The molecule has 1 saturated carbocycles. The monoisotopic (exact) mass is 210 g/mol. The molecule has 0 saturated heterocycles. The van der Waals surface area contributed by atoms with Crippen molar-refractivity contribution in [3.05, 3.63) is 0 Å². The van der Waals surface area contributed by atoms with Gasteiger partial charge in [-0.3, -0.25) is 0 Å². The average Bonchev–Trinajstić information content (AvgIpc) is 2.82. The second-order valence-corrected chi connectivity index (χ2v) is 6.32. The first-order valence-corrected chi connectivity index (χ1v) is 6.99.